The van der Waals surface area contributed by atoms with Gasteiger partial charge in [0, 0.05) is 5.56 Å². The lowest BCUT2D eigenvalue weighted by molar-refractivity contribution is -0.135. The molecule has 2 aliphatic rings. The van der Waals surface area contributed by atoms with Gasteiger partial charge in [0.25, 0.3) is 5.91 Å². The van der Waals surface area contributed by atoms with Gasteiger partial charge >= 0.3 is 0 Å². The third-order valence-electron chi connectivity index (χ3n) is 4.59. The fourth-order valence-electron chi connectivity index (χ4n) is 2.87. The quantitative estimate of drug-likeness (QED) is 0.785. The zero-order valence-corrected chi connectivity index (χ0v) is 13.8. The lowest BCUT2D eigenvalue weighted by atomic mass is 9.98. The Bertz CT molecular complexity index is 525. The normalized spacial score (nSPS) is 18.7. The van der Waals surface area contributed by atoms with Crippen LogP contribution in [0.25, 0.3) is 0 Å². The molecule has 1 amide bonds. The summed E-state index contributed by atoms with van der Waals surface area (Å²) in [6.07, 6.45) is 4.62. The third kappa shape index (κ3) is 4.69. The van der Waals surface area contributed by atoms with Gasteiger partial charge in [-0.1, -0.05) is 6.07 Å². The highest BCUT2D eigenvalue weighted by Crippen LogP contribution is 2.29. The molecule has 1 aliphatic heterocycles. The summed E-state index contributed by atoms with van der Waals surface area (Å²) in [5.74, 6) is 1.76. The van der Waals surface area contributed by atoms with Crippen LogP contribution in [0.3, 0.4) is 0 Å². The second-order valence-corrected chi connectivity index (χ2v) is 6.53. The molecule has 1 heterocycles. The molecule has 1 saturated heterocycles. The van der Waals surface area contributed by atoms with E-state index in [1.54, 1.807) is 18.2 Å². The predicted molar refractivity (Wildman–Crippen MR) is 88.3 cm³/mol. The maximum Gasteiger partial charge on any atom is 0.277 e. The topological polar surface area (TPSA) is 50.8 Å². The number of hydrogen-bond donors (Lipinski definition) is 1. The Morgan fingerprint density at radius 1 is 1.22 bits per heavy atom. The molecule has 0 unspecified atom stereocenters. The number of hydrogen-bond acceptors (Lipinski definition) is 4. The molecule has 126 valence electrons. The van der Waals surface area contributed by atoms with E-state index >= 15 is 0 Å². The Labute approximate surface area is 137 Å². The van der Waals surface area contributed by atoms with E-state index in [0.29, 0.717) is 36.3 Å². The number of nitrogens with one attached hydrogen (secondary N) is 1. The molecule has 1 aliphatic carbocycles. The van der Waals surface area contributed by atoms with Crippen LogP contribution < -0.4 is 10.1 Å². The first-order valence-electron chi connectivity index (χ1n) is 8.56. The first kappa shape index (κ1) is 16.3. The molecule has 1 aromatic rings. The second kappa shape index (κ2) is 7.79. The molecular formula is C18H26N2O3. The van der Waals surface area contributed by atoms with E-state index in [-0.39, 0.29) is 5.91 Å². The summed E-state index contributed by atoms with van der Waals surface area (Å²) in [6, 6.07) is 7.29. The molecule has 5 nitrogen and oxygen atoms in total. The molecule has 0 atom stereocenters. The smallest absolute Gasteiger partial charge is 0.277 e. The van der Waals surface area contributed by atoms with Crippen molar-refractivity contribution in [2.45, 2.75) is 25.7 Å². The lowest BCUT2D eigenvalue weighted by Gasteiger charge is -2.29. The fourth-order valence-corrected chi connectivity index (χ4v) is 2.87. The van der Waals surface area contributed by atoms with Crippen LogP contribution in [0, 0.1) is 11.8 Å². The van der Waals surface area contributed by atoms with Crippen LogP contribution in [0.4, 0.5) is 0 Å². The van der Waals surface area contributed by atoms with Gasteiger partial charge in [0.1, 0.15) is 5.75 Å². The lowest BCUT2D eigenvalue weighted by Crippen LogP contribution is -2.39. The number of piperidine rings is 1. The number of amides is 1. The van der Waals surface area contributed by atoms with E-state index in [4.69, 9.17) is 9.57 Å². The minimum atomic E-state index is -0.0666. The van der Waals surface area contributed by atoms with Gasteiger partial charge in [-0.2, -0.15) is 0 Å². The van der Waals surface area contributed by atoms with E-state index < -0.39 is 0 Å². The van der Waals surface area contributed by atoms with Gasteiger partial charge in [0.2, 0.25) is 0 Å². The summed E-state index contributed by atoms with van der Waals surface area (Å²) >= 11 is 0. The van der Waals surface area contributed by atoms with Gasteiger partial charge < -0.3 is 10.1 Å². The zero-order chi connectivity index (χ0) is 16.1. The summed E-state index contributed by atoms with van der Waals surface area (Å²) in [6.45, 7) is 3.37. The number of carbonyl (C=O) groups is 1. The third-order valence-corrected chi connectivity index (χ3v) is 4.59. The first-order valence-corrected chi connectivity index (χ1v) is 8.56. The van der Waals surface area contributed by atoms with E-state index in [1.807, 2.05) is 18.2 Å². The highest BCUT2D eigenvalue weighted by molar-refractivity contribution is 5.93. The number of rotatable bonds is 7. The van der Waals surface area contributed by atoms with Crippen molar-refractivity contribution in [1.82, 2.24) is 10.4 Å². The number of nitrogens with zero attached hydrogens (tertiary/aromatic N) is 1. The van der Waals surface area contributed by atoms with Crippen LogP contribution in [-0.4, -0.2) is 44.3 Å². The van der Waals surface area contributed by atoms with Crippen LogP contribution >= 0.6 is 0 Å². The summed E-state index contributed by atoms with van der Waals surface area (Å²) in [7, 11) is 1.61. The first-order chi connectivity index (χ1) is 11.3. The van der Waals surface area contributed by atoms with E-state index in [9.17, 15) is 4.79 Å². The Balaban J connectivity index is 1.67. The predicted octanol–water partition coefficient (Wildman–Crippen LogP) is 2.48. The van der Waals surface area contributed by atoms with Crippen molar-refractivity contribution in [3.8, 4) is 5.75 Å². The standard InChI is InChI=1S/C18H26N2O3/c1-22-17-4-2-3-16(11-17)18(21)20(23-13-15-5-6-15)12-14-7-9-19-10-8-14/h2-4,11,14-15,19H,5-10,12-13H2,1H3. The van der Waals surface area contributed by atoms with Crippen LogP contribution in [0.15, 0.2) is 24.3 Å². The van der Waals surface area contributed by atoms with Crippen LogP contribution in [0.1, 0.15) is 36.0 Å². The molecule has 1 saturated carbocycles. The van der Waals surface area contributed by atoms with Crippen molar-refractivity contribution in [3.05, 3.63) is 29.8 Å². The van der Waals surface area contributed by atoms with E-state index in [2.05, 4.69) is 5.32 Å². The van der Waals surface area contributed by atoms with Crippen molar-refractivity contribution in [2.75, 3.05) is 33.4 Å². The molecule has 1 N–H and O–H groups in total. The van der Waals surface area contributed by atoms with Gasteiger partial charge in [-0.25, -0.2) is 5.06 Å². The van der Waals surface area contributed by atoms with E-state index in [0.717, 1.165) is 25.9 Å². The molecule has 3 rings (SSSR count). The van der Waals surface area contributed by atoms with E-state index in [1.165, 1.54) is 12.8 Å². The maximum atomic E-state index is 12.8. The fraction of sp³-hybridized carbons (Fsp3) is 0.611. The number of benzene rings is 1. The van der Waals surface area contributed by atoms with Crippen LogP contribution in [0.2, 0.25) is 0 Å². The van der Waals surface area contributed by atoms with Crippen molar-refractivity contribution in [2.24, 2.45) is 11.8 Å². The Hall–Kier alpha value is -1.59. The van der Waals surface area contributed by atoms with Gasteiger partial charge in [-0.05, 0) is 68.8 Å². The summed E-state index contributed by atoms with van der Waals surface area (Å²) in [5.41, 5.74) is 0.620. The van der Waals surface area contributed by atoms with Crippen molar-refractivity contribution in [3.63, 3.8) is 0 Å². The Morgan fingerprint density at radius 2 is 2.00 bits per heavy atom. The molecule has 0 radical (unpaired) electrons. The number of ether oxygens (including phenoxy) is 1. The Morgan fingerprint density at radius 3 is 2.70 bits per heavy atom. The minimum Gasteiger partial charge on any atom is -0.497 e. The maximum absolute atomic E-state index is 12.8. The van der Waals surface area contributed by atoms with Gasteiger partial charge in [0.05, 0.1) is 20.3 Å². The second-order valence-electron chi connectivity index (χ2n) is 6.53. The van der Waals surface area contributed by atoms with Crippen LogP contribution in [-0.2, 0) is 4.84 Å². The van der Waals surface area contributed by atoms with Crippen LogP contribution in [0.5, 0.6) is 5.75 Å². The number of methoxy groups -OCH3 is 1. The monoisotopic (exact) mass is 318 g/mol. The molecule has 5 heteroatoms. The molecule has 23 heavy (non-hydrogen) atoms. The molecule has 1 aromatic carbocycles. The average Bonchev–Trinajstić information content (AvgIpc) is 3.43. The van der Waals surface area contributed by atoms with Gasteiger partial charge in [0.15, 0.2) is 0 Å². The molecule has 0 bridgehead atoms. The SMILES string of the molecule is COc1cccc(C(=O)N(CC2CCNCC2)OCC2CC2)c1. The highest BCUT2D eigenvalue weighted by Gasteiger charge is 2.27. The summed E-state index contributed by atoms with van der Waals surface area (Å²) in [4.78, 5) is 18.7. The minimum absolute atomic E-state index is 0.0666. The number of hydroxylamine groups is 2. The van der Waals surface area contributed by atoms with Crippen molar-refractivity contribution >= 4 is 5.91 Å². The molecule has 2 fully saturated rings. The van der Waals surface area contributed by atoms with Crippen molar-refractivity contribution in [1.29, 1.82) is 0 Å². The highest BCUT2D eigenvalue weighted by atomic mass is 16.7. The summed E-state index contributed by atoms with van der Waals surface area (Å²) < 4.78 is 5.22. The van der Waals surface area contributed by atoms with Gasteiger partial charge in [-0.3, -0.25) is 9.63 Å². The molecule has 0 aromatic heterocycles. The Kier molecular flexibility index (Phi) is 5.51. The van der Waals surface area contributed by atoms with Gasteiger partial charge in [-0.15, -0.1) is 0 Å². The molecular weight excluding hydrogens is 292 g/mol. The average molecular weight is 318 g/mol. The largest absolute Gasteiger partial charge is 0.497 e. The molecule has 0 spiro atoms. The number of carbonyl (C=O) groups excluding carboxylic acids is 1. The summed E-state index contributed by atoms with van der Waals surface area (Å²) in [5, 5.41) is 4.95. The zero-order valence-electron chi connectivity index (χ0n) is 13.8. The van der Waals surface area contributed by atoms with Crippen molar-refractivity contribution < 1.29 is 14.4 Å².